The molecule has 0 bridgehead atoms. The molecule has 2 aromatic rings. The second kappa shape index (κ2) is 9.92. The van der Waals surface area contributed by atoms with Crippen molar-refractivity contribution in [1.82, 2.24) is 9.80 Å². The van der Waals surface area contributed by atoms with Crippen LogP contribution < -0.4 is 4.74 Å². The Hall–Kier alpha value is -2.81. The Morgan fingerprint density at radius 3 is 2.17 bits per heavy atom. The van der Waals surface area contributed by atoms with Gasteiger partial charge in [-0.15, -0.1) is 13.2 Å². The zero-order valence-corrected chi connectivity index (χ0v) is 20.0. The van der Waals surface area contributed by atoms with E-state index in [4.69, 9.17) is 4.74 Å². The second-order valence-electron chi connectivity index (χ2n) is 10.1. The van der Waals surface area contributed by atoms with Crippen LogP contribution in [-0.2, 0) is 17.7 Å². The van der Waals surface area contributed by atoms with Crippen molar-refractivity contribution in [3.8, 4) is 5.75 Å². The number of piperidine rings is 1. The summed E-state index contributed by atoms with van der Waals surface area (Å²) in [6.45, 7) is 1.91. The third-order valence-corrected chi connectivity index (χ3v) is 7.85. The normalized spacial score (nSPS) is 22.8. The van der Waals surface area contributed by atoms with Gasteiger partial charge in [-0.25, -0.2) is 9.18 Å². The van der Waals surface area contributed by atoms with Crippen molar-refractivity contribution in [2.75, 3.05) is 13.1 Å². The first-order valence-corrected chi connectivity index (χ1v) is 12.5. The Balaban J connectivity index is 1.35. The number of rotatable bonds is 6. The number of hydrogen-bond acceptors (Lipinski definition) is 4. The van der Waals surface area contributed by atoms with Gasteiger partial charge in [-0.2, -0.15) is 0 Å². The van der Waals surface area contributed by atoms with Gasteiger partial charge in [0.05, 0.1) is 6.04 Å². The van der Waals surface area contributed by atoms with Crippen molar-refractivity contribution < 1.29 is 31.8 Å². The Bertz CT molecular complexity index is 1040. The third kappa shape index (κ3) is 5.45. The Kier molecular flexibility index (Phi) is 6.85. The summed E-state index contributed by atoms with van der Waals surface area (Å²) >= 11 is 0. The molecule has 1 atom stereocenters. The van der Waals surface area contributed by atoms with Crippen molar-refractivity contribution in [3.05, 3.63) is 65.5 Å². The highest BCUT2D eigenvalue weighted by Crippen LogP contribution is 2.42. The van der Waals surface area contributed by atoms with E-state index in [1.165, 1.54) is 62.1 Å². The van der Waals surface area contributed by atoms with Gasteiger partial charge in [-0.3, -0.25) is 4.90 Å². The number of alkyl halides is 3. The molecule has 0 radical (unpaired) electrons. The van der Waals surface area contributed by atoms with Gasteiger partial charge < -0.3 is 14.4 Å². The molecule has 5 rings (SSSR count). The average Bonchev–Trinajstić information content (AvgIpc) is 3.45. The van der Waals surface area contributed by atoms with Gasteiger partial charge in [0.1, 0.15) is 17.2 Å². The van der Waals surface area contributed by atoms with E-state index in [1.807, 2.05) is 0 Å². The zero-order chi connectivity index (χ0) is 25.3. The number of amides is 1. The number of carbonyl (C=O) groups excluding carboxylic acids is 1. The van der Waals surface area contributed by atoms with Crippen LogP contribution in [-0.4, -0.2) is 53.0 Å². The summed E-state index contributed by atoms with van der Waals surface area (Å²) < 4.78 is 61.1. The number of halogens is 4. The van der Waals surface area contributed by atoms with Crippen molar-refractivity contribution >= 4 is 6.09 Å². The first-order chi connectivity index (χ1) is 17.2. The number of hydrogen-bond donors (Lipinski definition) is 0. The minimum absolute atomic E-state index is 0.199. The quantitative estimate of drug-likeness (QED) is 0.447. The van der Waals surface area contributed by atoms with Gasteiger partial charge in [0, 0.05) is 38.5 Å². The topological polar surface area (TPSA) is 42.0 Å². The summed E-state index contributed by atoms with van der Waals surface area (Å²) in [5.74, 6) is -0.635. The molecule has 1 unspecified atom stereocenters. The Morgan fingerprint density at radius 1 is 0.944 bits per heavy atom. The molecule has 2 aromatic carbocycles. The van der Waals surface area contributed by atoms with Crippen LogP contribution in [0, 0.1) is 5.82 Å². The van der Waals surface area contributed by atoms with E-state index in [0.29, 0.717) is 18.0 Å². The van der Waals surface area contributed by atoms with Gasteiger partial charge in [0.15, 0.2) is 0 Å². The molecule has 2 saturated heterocycles. The van der Waals surface area contributed by atoms with E-state index < -0.39 is 18.1 Å². The fourth-order valence-corrected chi connectivity index (χ4v) is 5.99. The number of nitrogens with zero attached hydrogens (tertiary/aromatic N) is 2. The monoisotopic (exact) mass is 506 g/mol. The van der Waals surface area contributed by atoms with Crippen LogP contribution in [0.25, 0.3) is 0 Å². The largest absolute Gasteiger partial charge is 0.573 e. The van der Waals surface area contributed by atoms with Crippen molar-refractivity contribution in [1.29, 1.82) is 0 Å². The highest BCUT2D eigenvalue weighted by molar-refractivity contribution is 5.72. The maximum atomic E-state index is 13.5. The molecule has 2 aliphatic heterocycles. The number of likely N-dealkylation sites (tertiary alicyclic amines) is 1. The molecule has 2 heterocycles. The number of ether oxygens (including phenoxy) is 2. The minimum Gasteiger partial charge on any atom is -0.440 e. The molecule has 9 heteroatoms. The molecule has 5 nitrogen and oxygen atoms in total. The summed E-state index contributed by atoms with van der Waals surface area (Å²) in [5, 5.41) is 0. The van der Waals surface area contributed by atoms with Gasteiger partial charge in [0.2, 0.25) is 0 Å². The van der Waals surface area contributed by atoms with Crippen LogP contribution in [0.2, 0.25) is 0 Å². The van der Waals surface area contributed by atoms with E-state index in [9.17, 15) is 22.4 Å². The first-order valence-electron chi connectivity index (χ1n) is 12.5. The zero-order valence-electron chi connectivity index (χ0n) is 20.0. The summed E-state index contributed by atoms with van der Waals surface area (Å²) in [5.41, 5.74) is 0.919. The smallest absolute Gasteiger partial charge is 0.440 e. The molecular weight excluding hydrogens is 476 g/mol. The van der Waals surface area contributed by atoms with E-state index in [-0.39, 0.29) is 24.2 Å². The van der Waals surface area contributed by atoms with E-state index in [2.05, 4.69) is 9.64 Å². The highest BCUT2D eigenvalue weighted by Gasteiger charge is 2.55. The van der Waals surface area contributed by atoms with Crippen molar-refractivity contribution in [2.24, 2.45) is 0 Å². The predicted octanol–water partition coefficient (Wildman–Crippen LogP) is 6.07. The van der Waals surface area contributed by atoms with Crippen LogP contribution in [0.5, 0.6) is 5.75 Å². The van der Waals surface area contributed by atoms with Crippen molar-refractivity contribution in [2.45, 2.75) is 75.5 Å². The summed E-state index contributed by atoms with van der Waals surface area (Å²) in [7, 11) is 0. The number of carbonyl (C=O) groups is 1. The molecule has 1 spiro atoms. The molecule has 3 aliphatic rings. The summed E-state index contributed by atoms with van der Waals surface area (Å²) in [4.78, 5) is 17.3. The van der Waals surface area contributed by atoms with Gasteiger partial charge in [0.25, 0.3) is 0 Å². The van der Waals surface area contributed by atoms with E-state index in [0.717, 1.165) is 31.5 Å². The lowest BCUT2D eigenvalue weighted by Crippen LogP contribution is -2.54. The van der Waals surface area contributed by atoms with Gasteiger partial charge in [-0.05, 0) is 54.7 Å². The van der Waals surface area contributed by atoms with Crippen molar-refractivity contribution in [3.63, 3.8) is 0 Å². The molecule has 0 aromatic heterocycles. The lowest BCUT2D eigenvalue weighted by molar-refractivity contribution is -0.274. The fourth-order valence-electron chi connectivity index (χ4n) is 5.99. The van der Waals surface area contributed by atoms with Gasteiger partial charge in [-0.1, -0.05) is 37.1 Å². The van der Waals surface area contributed by atoms with Gasteiger partial charge >= 0.3 is 12.5 Å². The average molecular weight is 507 g/mol. The Morgan fingerprint density at radius 2 is 1.56 bits per heavy atom. The Labute approximate surface area is 208 Å². The summed E-state index contributed by atoms with van der Waals surface area (Å²) in [6.07, 6.45) is 1.70. The molecule has 0 N–H and O–H groups in total. The maximum Gasteiger partial charge on any atom is 0.573 e. The lowest BCUT2D eigenvalue weighted by Gasteiger charge is -2.43. The molecule has 1 amide bonds. The molecule has 1 aliphatic carbocycles. The van der Waals surface area contributed by atoms with Crippen LogP contribution in [0.4, 0.5) is 22.4 Å². The standard InChI is InChI=1S/C27H30F4N2O3/c28-21-9-5-19(6-10-21)17-24-26(13-15-32(16-14-26)22-3-1-2-4-22)36-25(34)33(24)18-20-7-11-23(12-8-20)35-27(29,30)31/h5-12,22,24H,1-4,13-18H2. The summed E-state index contributed by atoms with van der Waals surface area (Å²) in [6, 6.07) is 12.1. The molecule has 36 heavy (non-hydrogen) atoms. The van der Waals surface area contributed by atoms with E-state index in [1.54, 1.807) is 17.0 Å². The second-order valence-corrected chi connectivity index (χ2v) is 10.1. The predicted molar refractivity (Wildman–Crippen MR) is 125 cm³/mol. The molecule has 194 valence electrons. The number of benzene rings is 2. The van der Waals surface area contributed by atoms with Crippen LogP contribution in [0.3, 0.4) is 0 Å². The highest BCUT2D eigenvalue weighted by atomic mass is 19.4. The maximum absolute atomic E-state index is 13.5. The first kappa shape index (κ1) is 24.9. The van der Waals surface area contributed by atoms with Crippen LogP contribution >= 0.6 is 0 Å². The SMILES string of the molecule is O=C1OC2(CCN(C3CCCC3)CC2)C(Cc2ccc(F)cc2)N1Cc1ccc(OC(F)(F)F)cc1. The molecular formula is C27H30F4N2O3. The van der Waals surface area contributed by atoms with Crippen LogP contribution in [0.1, 0.15) is 49.7 Å². The van der Waals surface area contributed by atoms with Crippen LogP contribution in [0.15, 0.2) is 48.5 Å². The van der Waals surface area contributed by atoms with E-state index >= 15 is 0 Å². The lowest BCUT2D eigenvalue weighted by atomic mass is 9.80. The molecule has 3 fully saturated rings. The molecule has 1 saturated carbocycles. The minimum atomic E-state index is -4.76. The fraction of sp³-hybridized carbons (Fsp3) is 0.519. The third-order valence-electron chi connectivity index (χ3n) is 7.85.